The second-order valence-electron chi connectivity index (χ2n) is 6.39. The Labute approximate surface area is 143 Å². The van der Waals surface area contributed by atoms with Crippen molar-refractivity contribution in [1.29, 1.82) is 0 Å². The first-order chi connectivity index (χ1) is 11.2. The minimum absolute atomic E-state index is 0.0770. The Hall–Kier alpha value is -1.89. The van der Waals surface area contributed by atoms with Crippen molar-refractivity contribution in [2.45, 2.75) is 32.7 Å². The molecule has 1 aromatic carbocycles. The molecule has 1 aromatic rings. The van der Waals surface area contributed by atoms with Gasteiger partial charge in [0.15, 0.2) is 0 Å². The van der Waals surface area contributed by atoms with Gasteiger partial charge in [0, 0.05) is 31.0 Å². The minimum Gasteiger partial charge on any atom is -0.352 e. The van der Waals surface area contributed by atoms with E-state index in [1.54, 1.807) is 11.8 Å². The van der Waals surface area contributed by atoms with Crippen molar-refractivity contribution in [1.82, 2.24) is 5.32 Å². The lowest BCUT2D eigenvalue weighted by molar-refractivity contribution is -0.126. The smallest absolute Gasteiger partial charge is 0.227 e. The van der Waals surface area contributed by atoms with E-state index in [0.29, 0.717) is 6.54 Å². The predicted octanol–water partition coefficient (Wildman–Crippen LogP) is 1.15. The SMILES string of the molecule is CCc1ccccc1N1CC(C(=O)NC(C)CS(C)(=O)=O)CC1=O. The summed E-state index contributed by atoms with van der Waals surface area (Å²) in [6, 6.07) is 7.20. The third-order valence-electron chi connectivity index (χ3n) is 4.10. The summed E-state index contributed by atoms with van der Waals surface area (Å²) in [5.74, 6) is -0.908. The first-order valence-corrected chi connectivity index (χ1v) is 10.1. The van der Waals surface area contributed by atoms with Gasteiger partial charge in [-0.1, -0.05) is 25.1 Å². The molecule has 0 spiro atoms. The van der Waals surface area contributed by atoms with Crippen LogP contribution in [0.1, 0.15) is 25.8 Å². The summed E-state index contributed by atoms with van der Waals surface area (Å²) in [5.41, 5.74) is 1.92. The van der Waals surface area contributed by atoms with E-state index >= 15 is 0 Å². The Bertz CT molecular complexity index is 730. The van der Waals surface area contributed by atoms with Crippen LogP contribution < -0.4 is 10.2 Å². The molecule has 1 fully saturated rings. The van der Waals surface area contributed by atoms with Gasteiger partial charge in [-0.15, -0.1) is 0 Å². The van der Waals surface area contributed by atoms with E-state index < -0.39 is 21.8 Å². The molecule has 6 nitrogen and oxygen atoms in total. The molecule has 0 saturated carbocycles. The zero-order valence-electron chi connectivity index (χ0n) is 14.3. The van der Waals surface area contributed by atoms with E-state index in [-0.39, 0.29) is 24.0 Å². The Balaban J connectivity index is 2.05. The lowest BCUT2D eigenvalue weighted by atomic mass is 10.1. The van der Waals surface area contributed by atoms with Crippen LogP contribution in [0.4, 0.5) is 5.69 Å². The van der Waals surface area contributed by atoms with Crippen molar-refractivity contribution in [2.75, 3.05) is 23.5 Å². The maximum Gasteiger partial charge on any atom is 0.227 e. The number of benzene rings is 1. The topological polar surface area (TPSA) is 83.6 Å². The molecule has 0 aliphatic carbocycles. The summed E-state index contributed by atoms with van der Waals surface area (Å²) in [4.78, 5) is 26.3. The molecule has 0 radical (unpaired) electrons. The van der Waals surface area contributed by atoms with Gasteiger partial charge in [0.25, 0.3) is 0 Å². The van der Waals surface area contributed by atoms with Gasteiger partial charge in [-0.05, 0) is 25.0 Å². The number of hydrogen-bond donors (Lipinski definition) is 1. The first kappa shape index (κ1) is 18.4. The molecule has 24 heavy (non-hydrogen) atoms. The van der Waals surface area contributed by atoms with Gasteiger partial charge in [-0.25, -0.2) is 8.42 Å². The van der Waals surface area contributed by atoms with Gasteiger partial charge in [-0.2, -0.15) is 0 Å². The number of para-hydroxylation sites is 1. The van der Waals surface area contributed by atoms with Crippen LogP contribution in [0.3, 0.4) is 0 Å². The summed E-state index contributed by atoms with van der Waals surface area (Å²) < 4.78 is 22.6. The van der Waals surface area contributed by atoms with E-state index in [1.807, 2.05) is 31.2 Å². The van der Waals surface area contributed by atoms with Gasteiger partial charge in [-0.3, -0.25) is 9.59 Å². The summed E-state index contributed by atoms with van der Waals surface area (Å²) >= 11 is 0. The van der Waals surface area contributed by atoms with E-state index in [2.05, 4.69) is 5.32 Å². The monoisotopic (exact) mass is 352 g/mol. The minimum atomic E-state index is -3.16. The molecule has 0 aromatic heterocycles. The lowest BCUT2D eigenvalue weighted by Gasteiger charge is -2.20. The van der Waals surface area contributed by atoms with Crippen LogP contribution in [0.5, 0.6) is 0 Å². The van der Waals surface area contributed by atoms with Gasteiger partial charge in [0.05, 0.1) is 11.7 Å². The molecular weight excluding hydrogens is 328 g/mol. The molecule has 1 N–H and O–H groups in total. The summed E-state index contributed by atoms with van der Waals surface area (Å²) in [7, 11) is -3.16. The van der Waals surface area contributed by atoms with Crippen LogP contribution in [-0.2, 0) is 25.8 Å². The van der Waals surface area contributed by atoms with Crippen molar-refractivity contribution >= 4 is 27.3 Å². The second kappa shape index (κ2) is 7.34. The van der Waals surface area contributed by atoms with Crippen molar-refractivity contribution in [3.63, 3.8) is 0 Å². The number of carbonyl (C=O) groups excluding carboxylic acids is 2. The van der Waals surface area contributed by atoms with Gasteiger partial charge in [0.1, 0.15) is 9.84 Å². The third kappa shape index (κ3) is 4.56. The van der Waals surface area contributed by atoms with Crippen LogP contribution in [0, 0.1) is 5.92 Å². The van der Waals surface area contributed by atoms with Crippen LogP contribution >= 0.6 is 0 Å². The summed E-state index contributed by atoms with van der Waals surface area (Å²) in [6.45, 7) is 4.00. The molecule has 1 aliphatic heterocycles. The lowest BCUT2D eigenvalue weighted by Crippen LogP contribution is -2.41. The van der Waals surface area contributed by atoms with Crippen molar-refractivity contribution in [2.24, 2.45) is 5.92 Å². The van der Waals surface area contributed by atoms with Crippen molar-refractivity contribution in [3.05, 3.63) is 29.8 Å². The molecule has 1 heterocycles. The Kier molecular flexibility index (Phi) is 5.64. The van der Waals surface area contributed by atoms with Crippen LogP contribution in [-0.4, -0.2) is 44.8 Å². The van der Waals surface area contributed by atoms with E-state index in [4.69, 9.17) is 0 Å². The number of aryl methyl sites for hydroxylation is 1. The molecule has 2 rings (SSSR count). The molecule has 0 bridgehead atoms. The average Bonchev–Trinajstić information content (AvgIpc) is 2.87. The fourth-order valence-corrected chi connectivity index (χ4v) is 4.04. The van der Waals surface area contributed by atoms with E-state index in [9.17, 15) is 18.0 Å². The standard InChI is InChI=1S/C17H24N2O4S/c1-4-13-7-5-6-8-15(13)19-10-14(9-16(19)20)17(21)18-12(2)11-24(3,22)23/h5-8,12,14H,4,9-11H2,1-3H3,(H,18,21). The molecule has 2 unspecified atom stereocenters. The highest BCUT2D eigenvalue weighted by Gasteiger charge is 2.36. The van der Waals surface area contributed by atoms with E-state index in [0.717, 1.165) is 23.9 Å². The molecule has 1 aliphatic rings. The Morgan fingerprint density at radius 1 is 1.38 bits per heavy atom. The zero-order valence-corrected chi connectivity index (χ0v) is 15.1. The Morgan fingerprint density at radius 2 is 2.04 bits per heavy atom. The van der Waals surface area contributed by atoms with Crippen LogP contribution in [0.2, 0.25) is 0 Å². The fraction of sp³-hybridized carbons (Fsp3) is 0.529. The number of nitrogens with zero attached hydrogens (tertiary/aromatic N) is 1. The number of anilines is 1. The van der Waals surface area contributed by atoms with Gasteiger partial charge in [0.2, 0.25) is 11.8 Å². The number of rotatable bonds is 6. The summed E-state index contributed by atoms with van der Waals surface area (Å²) in [6.07, 6.45) is 2.09. The maximum absolute atomic E-state index is 12.3. The van der Waals surface area contributed by atoms with Crippen LogP contribution in [0.15, 0.2) is 24.3 Å². The third-order valence-corrected chi connectivity index (χ3v) is 5.21. The second-order valence-corrected chi connectivity index (χ2v) is 8.57. The maximum atomic E-state index is 12.3. The zero-order chi connectivity index (χ0) is 17.9. The number of carbonyl (C=O) groups is 2. The fourth-order valence-electron chi connectivity index (χ4n) is 3.05. The molecule has 2 amide bonds. The molecule has 132 valence electrons. The number of amides is 2. The highest BCUT2D eigenvalue weighted by atomic mass is 32.2. The normalized spacial score (nSPS) is 19.4. The highest BCUT2D eigenvalue weighted by molar-refractivity contribution is 7.90. The molecule has 1 saturated heterocycles. The number of sulfone groups is 1. The first-order valence-electron chi connectivity index (χ1n) is 8.07. The average molecular weight is 352 g/mol. The number of nitrogens with one attached hydrogen (secondary N) is 1. The summed E-state index contributed by atoms with van der Waals surface area (Å²) in [5, 5.41) is 2.70. The quantitative estimate of drug-likeness (QED) is 0.832. The molecule has 7 heteroatoms. The Morgan fingerprint density at radius 3 is 2.67 bits per heavy atom. The number of hydrogen-bond acceptors (Lipinski definition) is 4. The largest absolute Gasteiger partial charge is 0.352 e. The molecule has 2 atom stereocenters. The predicted molar refractivity (Wildman–Crippen MR) is 93.6 cm³/mol. The van der Waals surface area contributed by atoms with Gasteiger partial charge < -0.3 is 10.2 Å². The van der Waals surface area contributed by atoms with Crippen molar-refractivity contribution in [3.8, 4) is 0 Å². The highest BCUT2D eigenvalue weighted by Crippen LogP contribution is 2.28. The van der Waals surface area contributed by atoms with Gasteiger partial charge >= 0.3 is 0 Å². The van der Waals surface area contributed by atoms with Crippen molar-refractivity contribution < 1.29 is 18.0 Å². The van der Waals surface area contributed by atoms with E-state index in [1.165, 1.54) is 0 Å². The van der Waals surface area contributed by atoms with Crippen LogP contribution in [0.25, 0.3) is 0 Å². The molecular formula is C17H24N2O4S.